The lowest BCUT2D eigenvalue weighted by atomic mass is 10.1. The molecule has 1 aromatic carbocycles. The number of rotatable bonds is 7. The van der Waals surface area contributed by atoms with Crippen LogP contribution in [0.3, 0.4) is 0 Å². The molecule has 0 aliphatic carbocycles. The van der Waals surface area contributed by atoms with Crippen LogP contribution in [0.25, 0.3) is 0 Å². The summed E-state index contributed by atoms with van der Waals surface area (Å²) in [7, 11) is 0. The SMILES string of the molecule is C#CCNC(=O)c1ccccc1NC(=O)CCCc1cccs1. The van der Waals surface area contributed by atoms with Gasteiger partial charge in [0.2, 0.25) is 5.91 Å². The minimum atomic E-state index is -0.294. The minimum Gasteiger partial charge on any atom is -0.341 e. The van der Waals surface area contributed by atoms with Crippen LogP contribution >= 0.6 is 11.3 Å². The van der Waals surface area contributed by atoms with Gasteiger partial charge < -0.3 is 10.6 Å². The van der Waals surface area contributed by atoms with E-state index in [-0.39, 0.29) is 18.4 Å². The molecule has 4 nitrogen and oxygen atoms in total. The van der Waals surface area contributed by atoms with E-state index in [1.807, 2.05) is 11.4 Å². The molecular formula is C18H18N2O2S. The van der Waals surface area contributed by atoms with Crippen molar-refractivity contribution in [2.75, 3.05) is 11.9 Å². The molecule has 2 amide bonds. The molecule has 0 bridgehead atoms. The van der Waals surface area contributed by atoms with Crippen molar-refractivity contribution in [3.63, 3.8) is 0 Å². The molecule has 0 atom stereocenters. The maximum Gasteiger partial charge on any atom is 0.254 e. The highest BCUT2D eigenvalue weighted by atomic mass is 32.1. The van der Waals surface area contributed by atoms with E-state index < -0.39 is 0 Å². The maximum absolute atomic E-state index is 12.1. The Hall–Kier alpha value is -2.58. The highest BCUT2D eigenvalue weighted by molar-refractivity contribution is 7.09. The largest absolute Gasteiger partial charge is 0.341 e. The van der Waals surface area contributed by atoms with Crippen molar-refractivity contribution < 1.29 is 9.59 Å². The summed E-state index contributed by atoms with van der Waals surface area (Å²) in [4.78, 5) is 25.3. The van der Waals surface area contributed by atoms with Crippen LogP contribution in [0.5, 0.6) is 0 Å². The predicted molar refractivity (Wildman–Crippen MR) is 93.5 cm³/mol. The fourth-order valence-electron chi connectivity index (χ4n) is 2.11. The van der Waals surface area contributed by atoms with Gasteiger partial charge in [0.05, 0.1) is 17.8 Å². The molecule has 2 aromatic rings. The van der Waals surface area contributed by atoms with Crippen LogP contribution in [0.4, 0.5) is 5.69 Å². The molecule has 0 aliphatic rings. The van der Waals surface area contributed by atoms with Crippen LogP contribution in [0.1, 0.15) is 28.1 Å². The smallest absolute Gasteiger partial charge is 0.254 e. The van der Waals surface area contributed by atoms with E-state index in [2.05, 4.69) is 22.6 Å². The summed E-state index contributed by atoms with van der Waals surface area (Å²) >= 11 is 1.69. The van der Waals surface area contributed by atoms with Crippen LogP contribution in [0.15, 0.2) is 41.8 Å². The average Bonchev–Trinajstić information content (AvgIpc) is 3.06. The van der Waals surface area contributed by atoms with Crippen LogP contribution in [0, 0.1) is 12.3 Å². The van der Waals surface area contributed by atoms with Gasteiger partial charge in [-0.1, -0.05) is 24.1 Å². The predicted octanol–water partition coefficient (Wildman–Crippen LogP) is 3.07. The summed E-state index contributed by atoms with van der Waals surface area (Å²) in [6.45, 7) is 0.155. The van der Waals surface area contributed by atoms with E-state index in [9.17, 15) is 9.59 Å². The number of benzene rings is 1. The third-order valence-electron chi connectivity index (χ3n) is 3.20. The van der Waals surface area contributed by atoms with Crippen LogP contribution < -0.4 is 10.6 Å². The number of amides is 2. The molecule has 0 aliphatic heterocycles. The minimum absolute atomic E-state index is 0.0984. The Balaban J connectivity index is 1.90. The van der Waals surface area contributed by atoms with Gasteiger partial charge in [0.15, 0.2) is 0 Å². The monoisotopic (exact) mass is 326 g/mol. The van der Waals surface area contributed by atoms with Gasteiger partial charge in [-0.15, -0.1) is 17.8 Å². The number of aryl methyl sites for hydroxylation is 1. The van der Waals surface area contributed by atoms with Crippen molar-refractivity contribution in [2.24, 2.45) is 0 Å². The number of terminal acetylenes is 1. The Morgan fingerprint density at radius 2 is 2.00 bits per heavy atom. The van der Waals surface area contributed by atoms with Crippen molar-refractivity contribution in [1.29, 1.82) is 0 Å². The van der Waals surface area contributed by atoms with E-state index in [0.717, 1.165) is 12.8 Å². The van der Waals surface area contributed by atoms with Gasteiger partial charge in [-0.05, 0) is 36.4 Å². The summed E-state index contributed by atoms with van der Waals surface area (Å²) in [5, 5.41) is 7.43. The molecule has 1 heterocycles. The van der Waals surface area contributed by atoms with Gasteiger partial charge >= 0.3 is 0 Å². The number of carbonyl (C=O) groups is 2. The van der Waals surface area contributed by atoms with Gasteiger partial charge in [-0.25, -0.2) is 0 Å². The quantitative estimate of drug-likeness (QED) is 0.768. The highest BCUT2D eigenvalue weighted by Crippen LogP contribution is 2.16. The summed E-state index contributed by atoms with van der Waals surface area (Å²) in [6.07, 6.45) is 7.21. The first-order valence-corrected chi connectivity index (χ1v) is 8.21. The summed E-state index contributed by atoms with van der Waals surface area (Å²) in [5.74, 6) is 1.96. The standard InChI is InChI=1S/C18H18N2O2S/c1-2-12-19-18(22)15-9-3-4-10-16(15)20-17(21)11-5-7-14-8-6-13-23-14/h1,3-4,6,8-10,13H,5,7,11-12H2,(H,19,22)(H,20,21). The molecule has 118 valence electrons. The van der Waals surface area contributed by atoms with Gasteiger partial charge in [0.25, 0.3) is 5.91 Å². The third kappa shape index (κ3) is 5.28. The Bertz CT molecular complexity index is 702. The van der Waals surface area contributed by atoms with E-state index in [0.29, 0.717) is 17.7 Å². The average molecular weight is 326 g/mol. The first-order chi connectivity index (χ1) is 11.2. The van der Waals surface area contributed by atoms with Crippen molar-refractivity contribution in [3.05, 3.63) is 52.2 Å². The van der Waals surface area contributed by atoms with Gasteiger partial charge in [0, 0.05) is 11.3 Å². The zero-order valence-electron chi connectivity index (χ0n) is 12.7. The van der Waals surface area contributed by atoms with Crippen molar-refractivity contribution in [1.82, 2.24) is 5.32 Å². The number of carbonyl (C=O) groups excluding carboxylic acids is 2. The zero-order valence-corrected chi connectivity index (χ0v) is 13.5. The number of hydrogen-bond donors (Lipinski definition) is 2. The topological polar surface area (TPSA) is 58.2 Å². The first kappa shape index (κ1) is 16.8. The molecule has 2 rings (SSSR count). The second-order valence-corrected chi connectivity index (χ2v) is 5.95. The molecule has 0 fully saturated rings. The lowest BCUT2D eigenvalue weighted by molar-refractivity contribution is -0.116. The fraction of sp³-hybridized carbons (Fsp3) is 0.222. The molecule has 1 aromatic heterocycles. The van der Waals surface area contributed by atoms with E-state index in [4.69, 9.17) is 6.42 Å². The number of nitrogens with one attached hydrogen (secondary N) is 2. The second kappa shape index (κ2) is 8.76. The molecule has 0 spiro atoms. The Morgan fingerprint density at radius 3 is 2.74 bits per heavy atom. The fourth-order valence-corrected chi connectivity index (χ4v) is 2.86. The lowest BCUT2D eigenvalue weighted by Gasteiger charge is -2.10. The van der Waals surface area contributed by atoms with E-state index >= 15 is 0 Å². The lowest BCUT2D eigenvalue weighted by Crippen LogP contribution is -2.25. The molecule has 0 saturated carbocycles. The molecule has 23 heavy (non-hydrogen) atoms. The summed E-state index contributed by atoms with van der Waals surface area (Å²) < 4.78 is 0. The number of thiophene rings is 1. The molecule has 0 radical (unpaired) electrons. The van der Waals surface area contributed by atoms with Crippen molar-refractivity contribution in [3.8, 4) is 12.3 Å². The van der Waals surface area contributed by atoms with Gasteiger partial charge in [-0.3, -0.25) is 9.59 Å². The van der Waals surface area contributed by atoms with Crippen LogP contribution in [0.2, 0.25) is 0 Å². The number of para-hydroxylation sites is 1. The maximum atomic E-state index is 12.1. The van der Waals surface area contributed by atoms with Crippen LogP contribution in [-0.4, -0.2) is 18.4 Å². The summed E-state index contributed by atoms with van der Waals surface area (Å²) in [6, 6.07) is 11.0. The molecule has 0 unspecified atom stereocenters. The second-order valence-electron chi connectivity index (χ2n) is 4.91. The Morgan fingerprint density at radius 1 is 1.17 bits per heavy atom. The number of anilines is 1. The van der Waals surface area contributed by atoms with Crippen molar-refractivity contribution in [2.45, 2.75) is 19.3 Å². The first-order valence-electron chi connectivity index (χ1n) is 7.33. The normalized spacial score (nSPS) is 9.87. The highest BCUT2D eigenvalue weighted by Gasteiger charge is 2.12. The van der Waals surface area contributed by atoms with Crippen molar-refractivity contribution >= 4 is 28.8 Å². The summed E-state index contributed by atoms with van der Waals surface area (Å²) in [5.41, 5.74) is 0.914. The molecule has 2 N–H and O–H groups in total. The number of hydrogen-bond acceptors (Lipinski definition) is 3. The van der Waals surface area contributed by atoms with Gasteiger partial charge in [-0.2, -0.15) is 0 Å². The Labute approximate surface area is 139 Å². The van der Waals surface area contributed by atoms with Crippen LogP contribution in [-0.2, 0) is 11.2 Å². The Kier molecular flexibility index (Phi) is 6.40. The third-order valence-corrected chi connectivity index (χ3v) is 4.14. The molecule has 0 saturated heterocycles. The molecular weight excluding hydrogens is 308 g/mol. The molecule has 5 heteroatoms. The zero-order chi connectivity index (χ0) is 16.5. The van der Waals surface area contributed by atoms with E-state index in [1.54, 1.807) is 35.6 Å². The van der Waals surface area contributed by atoms with E-state index in [1.165, 1.54) is 4.88 Å². The van der Waals surface area contributed by atoms with Gasteiger partial charge in [0.1, 0.15) is 0 Å².